The first kappa shape index (κ1) is 14.4. The average Bonchev–Trinajstić information content (AvgIpc) is 2.38. The summed E-state index contributed by atoms with van der Waals surface area (Å²) < 4.78 is 5.60. The number of nitrogens with zero attached hydrogens (tertiary/aromatic N) is 2. The smallest absolute Gasteiger partial charge is 0.193 e. The summed E-state index contributed by atoms with van der Waals surface area (Å²) in [6.07, 6.45) is 0.914. The van der Waals surface area contributed by atoms with Gasteiger partial charge in [-0.25, -0.2) is 0 Å². The second kappa shape index (κ2) is 8.39. The molecule has 0 aliphatic heterocycles. The van der Waals surface area contributed by atoms with Gasteiger partial charge in [0, 0.05) is 33.6 Å². The molecule has 0 unspecified atom stereocenters. The molecule has 1 aromatic rings. The van der Waals surface area contributed by atoms with Crippen molar-refractivity contribution in [3.8, 4) is 5.75 Å². The van der Waals surface area contributed by atoms with Gasteiger partial charge in [-0.1, -0.05) is 18.2 Å². The highest BCUT2D eigenvalue weighted by atomic mass is 16.5. The zero-order valence-corrected chi connectivity index (χ0v) is 11.5. The first-order valence-corrected chi connectivity index (χ1v) is 6.37. The molecule has 1 rings (SSSR count). The molecule has 0 saturated heterocycles. The second-order valence-electron chi connectivity index (χ2n) is 4.15. The predicted molar refractivity (Wildman–Crippen MR) is 76.2 cm³/mol. The van der Waals surface area contributed by atoms with E-state index < -0.39 is 0 Å². The van der Waals surface area contributed by atoms with Gasteiger partial charge in [-0.2, -0.15) is 0 Å². The van der Waals surface area contributed by atoms with E-state index in [9.17, 15) is 0 Å². The molecule has 0 aliphatic carbocycles. The summed E-state index contributed by atoms with van der Waals surface area (Å²) in [6, 6.07) is 9.86. The fourth-order valence-electron chi connectivity index (χ4n) is 1.47. The highest BCUT2D eigenvalue weighted by Crippen LogP contribution is 2.08. The van der Waals surface area contributed by atoms with Crippen molar-refractivity contribution in [1.29, 1.82) is 0 Å². The largest absolute Gasteiger partial charge is 0.494 e. The van der Waals surface area contributed by atoms with E-state index in [0.717, 1.165) is 31.2 Å². The Morgan fingerprint density at radius 1 is 1.28 bits per heavy atom. The van der Waals surface area contributed by atoms with Crippen LogP contribution in [0.1, 0.15) is 13.3 Å². The van der Waals surface area contributed by atoms with Crippen molar-refractivity contribution in [2.45, 2.75) is 13.3 Å². The van der Waals surface area contributed by atoms with E-state index in [1.54, 1.807) is 0 Å². The van der Waals surface area contributed by atoms with Crippen LogP contribution in [0.25, 0.3) is 0 Å². The van der Waals surface area contributed by atoms with Crippen LogP contribution in [0.5, 0.6) is 5.75 Å². The molecule has 0 fully saturated rings. The Labute approximate surface area is 110 Å². The molecule has 0 atom stereocenters. The fourth-order valence-corrected chi connectivity index (χ4v) is 1.47. The number of rotatable bonds is 6. The Balaban J connectivity index is 2.23. The molecule has 0 amide bonds. The molecule has 0 heterocycles. The van der Waals surface area contributed by atoms with Gasteiger partial charge in [0.05, 0.1) is 6.61 Å². The summed E-state index contributed by atoms with van der Waals surface area (Å²) in [5.41, 5.74) is 0. The summed E-state index contributed by atoms with van der Waals surface area (Å²) in [7, 11) is 3.98. The van der Waals surface area contributed by atoms with Gasteiger partial charge in [0.15, 0.2) is 5.96 Å². The number of hydrogen-bond donors (Lipinski definition) is 1. The van der Waals surface area contributed by atoms with Gasteiger partial charge < -0.3 is 15.0 Å². The number of para-hydroxylation sites is 1. The second-order valence-corrected chi connectivity index (χ2v) is 4.15. The Kier molecular flexibility index (Phi) is 6.69. The summed E-state index contributed by atoms with van der Waals surface area (Å²) in [5, 5.41) is 3.23. The lowest BCUT2D eigenvalue weighted by atomic mass is 10.3. The topological polar surface area (TPSA) is 36.9 Å². The lowest BCUT2D eigenvalue weighted by Crippen LogP contribution is -2.36. The standard InChI is InChI=1S/C14H23N3O/c1-4-15-14(17(2)3)16-11-8-12-18-13-9-6-5-7-10-13/h5-7,9-10H,4,8,11-12H2,1-3H3,(H,15,16). The van der Waals surface area contributed by atoms with E-state index in [0.29, 0.717) is 6.61 Å². The number of aliphatic imine (C=N–C) groups is 1. The number of ether oxygens (including phenoxy) is 1. The highest BCUT2D eigenvalue weighted by molar-refractivity contribution is 5.79. The minimum absolute atomic E-state index is 0.695. The van der Waals surface area contributed by atoms with Crippen LogP contribution >= 0.6 is 0 Å². The van der Waals surface area contributed by atoms with Gasteiger partial charge in [0.1, 0.15) is 5.75 Å². The molecule has 4 heteroatoms. The number of hydrogen-bond acceptors (Lipinski definition) is 2. The summed E-state index contributed by atoms with van der Waals surface area (Å²) >= 11 is 0. The monoisotopic (exact) mass is 249 g/mol. The molecule has 0 aliphatic rings. The van der Waals surface area contributed by atoms with E-state index >= 15 is 0 Å². The first-order valence-electron chi connectivity index (χ1n) is 6.37. The lowest BCUT2D eigenvalue weighted by Gasteiger charge is -2.16. The van der Waals surface area contributed by atoms with Gasteiger partial charge in [-0.15, -0.1) is 0 Å². The maximum absolute atomic E-state index is 5.60. The summed E-state index contributed by atoms with van der Waals surface area (Å²) in [6.45, 7) is 4.42. The Morgan fingerprint density at radius 2 is 2.00 bits per heavy atom. The minimum atomic E-state index is 0.695. The molecule has 0 saturated carbocycles. The van der Waals surface area contributed by atoms with Crippen molar-refractivity contribution in [1.82, 2.24) is 10.2 Å². The Morgan fingerprint density at radius 3 is 2.61 bits per heavy atom. The Hall–Kier alpha value is -1.71. The predicted octanol–water partition coefficient (Wildman–Crippen LogP) is 1.98. The van der Waals surface area contributed by atoms with Crippen LogP contribution in [0, 0.1) is 0 Å². The number of nitrogens with one attached hydrogen (secondary N) is 1. The molecule has 0 bridgehead atoms. The van der Waals surface area contributed by atoms with Crippen LogP contribution < -0.4 is 10.1 Å². The molecule has 4 nitrogen and oxygen atoms in total. The molecular weight excluding hydrogens is 226 g/mol. The van der Waals surface area contributed by atoms with Crippen molar-refractivity contribution in [3.63, 3.8) is 0 Å². The third-order valence-corrected chi connectivity index (χ3v) is 2.33. The molecule has 100 valence electrons. The molecule has 18 heavy (non-hydrogen) atoms. The van der Waals surface area contributed by atoms with Crippen molar-refractivity contribution in [3.05, 3.63) is 30.3 Å². The van der Waals surface area contributed by atoms with Crippen LogP contribution in [0.2, 0.25) is 0 Å². The van der Waals surface area contributed by atoms with Crippen LogP contribution in [0.15, 0.2) is 35.3 Å². The zero-order valence-electron chi connectivity index (χ0n) is 11.5. The molecule has 1 aromatic carbocycles. The van der Waals surface area contributed by atoms with Crippen LogP contribution in [0.3, 0.4) is 0 Å². The van der Waals surface area contributed by atoms with Gasteiger partial charge in [-0.05, 0) is 19.1 Å². The normalized spacial score (nSPS) is 11.2. The summed E-state index contributed by atoms with van der Waals surface area (Å²) in [4.78, 5) is 6.48. The first-order chi connectivity index (χ1) is 8.74. The quantitative estimate of drug-likeness (QED) is 0.476. The zero-order chi connectivity index (χ0) is 13.2. The average molecular weight is 249 g/mol. The van der Waals surface area contributed by atoms with E-state index in [1.807, 2.05) is 49.3 Å². The van der Waals surface area contributed by atoms with E-state index in [1.165, 1.54) is 0 Å². The van der Waals surface area contributed by atoms with Crippen molar-refractivity contribution >= 4 is 5.96 Å². The van der Waals surface area contributed by atoms with Gasteiger partial charge >= 0.3 is 0 Å². The maximum atomic E-state index is 5.60. The van der Waals surface area contributed by atoms with Gasteiger partial charge in [0.25, 0.3) is 0 Å². The third kappa shape index (κ3) is 5.57. The molecule has 0 radical (unpaired) electrons. The third-order valence-electron chi connectivity index (χ3n) is 2.33. The molecule has 0 aromatic heterocycles. The van der Waals surface area contributed by atoms with Crippen LogP contribution in [-0.4, -0.2) is 44.7 Å². The van der Waals surface area contributed by atoms with Gasteiger partial charge in [-0.3, -0.25) is 4.99 Å². The number of guanidine groups is 1. The SMILES string of the molecule is CCNC(=NCCCOc1ccccc1)N(C)C. The number of benzene rings is 1. The van der Waals surface area contributed by atoms with Crippen molar-refractivity contribution in [2.75, 3.05) is 33.8 Å². The van der Waals surface area contributed by atoms with E-state index in [2.05, 4.69) is 17.2 Å². The molecule has 1 N–H and O–H groups in total. The van der Waals surface area contributed by atoms with E-state index in [-0.39, 0.29) is 0 Å². The molecular formula is C14H23N3O. The van der Waals surface area contributed by atoms with E-state index in [4.69, 9.17) is 4.74 Å². The highest BCUT2D eigenvalue weighted by Gasteiger charge is 1.98. The van der Waals surface area contributed by atoms with Crippen LogP contribution in [-0.2, 0) is 0 Å². The maximum Gasteiger partial charge on any atom is 0.193 e. The Bertz CT molecular complexity index is 349. The molecule has 0 spiro atoms. The van der Waals surface area contributed by atoms with Crippen molar-refractivity contribution in [2.24, 2.45) is 4.99 Å². The van der Waals surface area contributed by atoms with Crippen molar-refractivity contribution < 1.29 is 4.74 Å². The van der Waals surface area contributed by atoms with Gasteiger partial charge in [0.2, 0.25) is 0 Å². The minimum Gasteiger partial charge on any atom is -0.494 e. The fraction of sp³-hybridized carbons (Fsp3) is 0.500. The lowest BCUT2D eigenvalue weighted by molar-refractivity contribution is 0.313. The summed E-state index contributed by atoms with van der Waals surface area (Å²) in [5.74, 6) is 1.85. The van der Waals surface area contributed by atoms with Crippen LogP contribution in [0.4, 0.5) is 0 Å².